The van der Waals surface area contributed by atoms with Crippen LogP contribution in [0.25, 0.3) is 6.08 Å². The first-order valence-corrected chi connectivity index (χ1v) is 12.6. The molecule has 1 saturated heterocycles. The molecule has 12 heteroatoms. The Bertz CT molecular complexity index is 1430. The van der Waals surface area contributed by atoms with Gasteiger partial charge in [0, 0.05) is 22.3 Å². The third kappa shape index (κ3) is 6.76. The van der Waals surface area contributed by atoms with Crippen LogP contribution in [-0.2, 0) is 16.2 Å². The van der Waals surface area contributed by atoms with Crippen LogP contribution in [-0.4, -0.2) is 33.4 Å². The minimum atomic E-state index is -0.573. The molecule has 3 aromatic carbocycles. The summed E-state index contributed by atoms with van der Waals surface area (Å²) in [5.74, 6) is -0.598. The first kappa shape index (κ1) is 26.4. The molecule has 1 N–H and O–H groups in total. The number of anilines is 1. The number of rotatable bonds is 8. The lowest BCUT2D eigenvalue weighted by Gasteiger charge is -2.12. The highest BCUT2D eigenvalue weighted by Crippen LogP contribution is 2.33. The Balaban J connectivity index is 1.38. The molecule has 0 bridgehead atoms. The van der Waals surface area contributed by atoms with E-state index in [1.165, 1.54) is 12.1 Å². The van der Waals surface area contributed by atoms with Gasteiger partial charge in [-0.25, -0.2) is 0 Å². The number of benzene rings is 3. The molecule has 3 aromatic rings. The number of non-ortho nitro benzene ring substituents is 1. The third-order valence-corrected chi connectivity index (χ3v) is 7.23. The van der Waals surface area contributed by atoms with Gasteiger partial charge in [-0.05, 0) is 87.4 Å². The lowest BCUT2D eigenvalue weighted by atomic mass is 10.2. The topological polar surface area (TPSA) is 119 Å². The average molecular weight is 603 g/mol. The minimum absolute atomic E-state index is 0.00474. The van der Waals surface area contributed by atoms with Crippen molar-refractivity contribution in [2.24, 2.45) is 0 Å². The highest BCUT2D eigenvalue weighted by Gasteiger charge is 2.36. The normalized spacial score (nSPS) is 14.2. The number of nitrogens with one attached hydrogen (secondary N) is 1. The highest BCUT2D eigenvalue weighted by atomic mass is 79.9. The van der Waals surface area contributed by atoms with Crippen LogP contribution in [0.2, 0.25) is 5.02 Å². The van der Waals surface area contributed by atoms with E-state index in [0.717, 1.165) is 22.2 Å². The van der Waals surface area contributed by atoms with Gasteiger partial charge in [-0.3, -0.25) is 29.4 Å². The second-order valence-corrected chi connectivity index (χ2v) is 9.98. The molecule has 0 radical (unpaired) electrons. The average Bonchev–Trinajstić information content (AvgIpc) is 3.12. The second kappa shape index (κ2) is 11.6. The first-order chi connectivity index (χ1) is 17.7. The van der Waals surface area contributed by atoms with Gasteiger partial charge >= 0.3 is 0 Å². The van der Waals surface area contributed by atoms with Crippen molar-refractivity contribution < 1.29 is 24.0 Å². The van der Waals surface area contributed by atoms with Crippen LogP contribution in [0.15, 0.2) is 76.1 Å². The van der Waals surface area contributed by atoms with Crippen LogP contribution < -0.4 is 10.1 Å². The van der Waals surface area contributed by atoms with Crippen molar-refractivity contribution in [1.82, 2.24) is 4.90 Å². The number of carbonyl (C=O) groups is 3. The Morgan fingerprint density at radius 2 is 1.89 bits per heavy atom. The molecule has 9 nitrogen and oxygen atoms in total. The summed E-state index contributed by atoms with van der Waals surface area (Å²) in [4.78, 5) is 49.0. The lowest BCUT2D eigenvalue weighted by Crippen LogP contribution is -2.36. The van der Waals surface area contributed by atoms with Gasteiger partial charge in [0.1, 0.15) is 18.9 Å². The van der Waals surface area contributed by atoms with Gasteiger partial charge < -0.3 is 10.1 Å². The summed E-state index contributed by atoms with van der Waals surface area (Å²) in [5, 5.41) is 13.3. The first-order valence-electron chi connectivity index (χ1n) is 10.7. The number of hydrogen-bond acceptors (Lipinski definition) is 7. The van der Waals surface area contributed by atoms with Crippen LogP contribution in [0.1, 0.15) is 11.1 Å². The molecule has 0 saturated carbocycles. The molecular weight excluding hydrogens is 586 g/mol. The van der Waals surface area contributed by atoms with Gasteiger partial charge in [0.2, 0.25) is 5.91 Å². The van der Waals surface area contributed by atoms with Crippen molar-refractivity contribution in [3.8, 4) is 5.75 Å². The Morgan fingerprint density at radius 3 is 2.59 bits per heavy atom. The van der Waals surface area contributed by atoms with Crippen LogP contribution >= 0.6 is 39.3 Å². The maximum atomic E-state index is 12.8. The largest absolute Gasteiger partial charge is 0.489 e. The van der Waals surface area contributed by atoms with E-state index < -0.39 is 28.5 Å². The number of nitrogens with zero attached hydrogens (tertiary/aromatic N) is 2. The molecule has 0 spiro atoms. The Labute approximate surface area is 228 Å². The SMILES string of the molecule is O=C(CN1C(=O)S/C(=C/c2cccc(OCc3ccc([N+](=O)[O-])cc3)c2)C1=O)Nc1ccc(Br)c(Cl)c1. The Morgan fingerprint density at radius 1 is 1.14 bits per heavy atom. The fourth-order valence-electron chi connectivity index (χ4n) is 3.28. The number of ether oxygens (including phenoxy) is 1. The molecule has 3 amide bonds. The summed E-state index contributed by atoms with van der Waals surface area (Å²) in [7, 11) is 0. The molecule has 0 atom stereocenters. The van der Waals surface area contributed by atoms with Gasteiger partial charge in [0.15, 0.2) is 0 Å². The molecule has 37 heavy (non-hydrogen) atoms. The molecule has 0 unspecified atom stereocenters. The highest BCUT2D eigenvalue weighted by molar-refractivity contribution is 9.10. The number of nitro benzene ring substituents is 1. The van der Waals surface area contributed by atoms with Crippen LogP contribution in [0.4, 0.5) is 16.2 Å². The molecule has 4 rings (SSSR count). The van der Waals surface area contributed by atoms with E-state index in [-0.39, 0.29) is 17.2 Å². The number of imide groups is 1. The molecule has 0 aliphatic carbocycles. The molecule has 1 fully saturated rings. The van der Waals surface area contributed by atoms with E-state index >= 15 is 0 Å². The van der Waals surface area contributed by atoms with Crippen molar-refractivity contribution in [3.63, 3.8) is 0 Å². The Kier molecular flexibility index (Phi) is 8.27. The number of hydrogen-bond donors (Lipinski definition) is 1. The van der Waals surface area contributed by atoms with Gasteiger partial charge in [0.05, 0.1) is 14.9 Å². The van der Waals surface area contributed by atoms with Gasteiger partial charge in [-0.15, -0.1) is 0 Å². The van der Waals surface area contributed by atoms with Crippen LogP contribution in [0, 0.1) is 10.1 Å². The monoisotopic (exact) mass is 601 g/mol. The van der Waals surface area contributed by atoms with Gasteiger partial charge in [-0.2, -0.15) is 0 Å². The van der Waals surface area contributed by atoms with E-state index in [1.54, 1.807) is 60.7 Å². The summed E-state index contributed by atoms with van der Waals surface area (Å²) >= 11 is 10.0. The second-order valence-electron chi connectivity index (χ2n) is 7.73. The van der Waals surface area contributed by atoms with E-state index in [9.17, 15) is 24.5 Å². The summed E-state index contributed by atoms with van der Waals surface area (Å²) in [6, 6.07) is 17.8. The number of carbonyl (C=O) groups excluding carboxylic acids is 3. The minimum Gasteiger partial charge on any atom is -0.489 e. The van der Waals surface area contributed by atoms with E-state index in [2.05, 4.69) is 21.2 Å². The van der Waals surface area contributed by atoms with Gasteiger partial charge in [-0.1, -0.05) is 23.7 Å². The maximum Gasteiger partial charge on any atom is 0.294 e. The fourth-order valence-corrected chi connectivity index (χ4v) is 4.55. The number of nitro groups is 1. The molecule has 188 valence electrons. The zero-order valence-corrected chi connectivity index (χ0v) is 22.0. The summed E-state index contributed by atoms with van der Waals surface area (Å²) in [6.45, 7) is -0.245. The quantitative estimate of drug-likeness (QED) is 0.183. The smallest absolute Gasteiger partial charge is 0.294 e. The predicted molar refractivity (Wildman–Crippen MR) is 144 cm³/mol. The van der Waals surface area contributed by atoms with E-state index in [4.69, 9.17) is 16.3 Å². The fraction of sp³-hybridized carbons (Fsp3) is 0.0800. The van der Waals surface area contributed by atoms with Crippen molar-refractivity contribution in [2.45, 2.75) is 6.61 Å². The zero-order chi connectivity index (χ0) is 26.5. The van der Waals surface area contributed by atoms with Crippen LogP contribution in [0.3, 0.4) is 0 Å². The number of amides is 3. The molecule has 0 aromatic heterocycles. The van der Waals surface area contributed by atoms with Crippen LogP contribution in [0.5, 0.6) is 5.75 Å². The molecular formula is C25H17BrClN3O6S. The molecule has 1 heterocycles. The van der Waals surface area contributed by atoms with Gasteiger partial charge in [0.25, 0.3) is 16.8 Å². The zero-order valence-electron chi connectivity index (χ0n) is 18.9. The summed E-state index contributed by atoms with van der Waals surface area (Å²) < 4.78 is 6.43. The number of halogens is 2. The van der Waals surface area contributed by atoms with E-state index in [0.29, 0.717) is 26.5 Å². The summed E-state index contributed by atoms with van der Waals surface area (Å²) in [6.07, 6.45) is 1.55. The van der Waals surface area contributed by atoms with E-state index in [1.807, 2.05) is 0 Å². The van der Waals surface area contributed by atoms with Crippen molar-refractivity contribution in [2.75, 3.05) is 11.9 Å². The Hall–Kier alpha value is -3.67. The molecule has 1 aliphatic rings. The van der Waals surface area contributed by atoms with Crippen molar-refractivity contribution in [1.29, 1.82) is 0 Å². The standard InChI is InChI=1S/C25H17BrClN3O6S/c26-20-9-6-17(12-21(20)27)28-23(31)13-29-24(32)22(37-25(29)33)11-16-2-1-3-19(10-16)36-14-15-4-7-18(8-5-15)30(34)35/h1-12H,13-14H2,(H,28,31)/b22-11+. The summed E-state index contributed by atoms with van der Waals surface area (Å²) in [5.41, 5.74) is 1.81. The lowest BCUT2D eigenvalue weighted by molar-refractivity contribution is -0.384. The predicted octanol–water partition coefficient (Wildman–Crippen LogP) is 6.26. The van der Waals surface area contributed by atoms with Crippen molar-refractivity contribution in [3.05, 3.63) is 102 Å². The number of thioether (sulfide) groups is 1. The maximum absolute atomic E-state index is 12.8. The third-order valence-electron chi connectivity index (χ3n) is 5.09. The molecule has 1 aliphatic heterocycles. The van der Waals surface area contributed by atoms with Crippen molar-refractivity contribution >= 4 is 73.8 Å².